The minimum absolute atomic E-state index is 0.0679. The molecule has 1 heterocycles. The number of carbonyl (C=O) groups excluding carboxylic acids is 1. The minimum Gasteiger partial charge on any atom is -0.461 e. The molecular weight excluding hydrogens is 378 g/mol. The van der Waals surface area contributed by atoms with Gasteiger partial charge in [-0.2, -0.15) is 0 Å². The van der Waals surface area contributed by atoms with Gasteiger partial charge in [-0.1, -0.05) is 44.2 Å². The lowest BCUT2D eigenvalue weighted by Crippen LogP contribution is -2.45. The van der Waals surface area contributed by atoms with Crippen molar-refractivity contribution in [1.29, 1.82) is 0 Å². The van der Waals surface area contributed by atoms with Crippen LogP contribution in [0.15, 0.2) is 42.7 Å². The average Bonchev–Trinajstić information content (AvgIpc) is 3.23. The van der Waals surface area contributed by atoms with Crippen molar-refractivity contribution in [3.63, 3.8) is 0 Å². The first-order valence-electron chi connectivity index (χ1n) is 10.1. The monoisotopic (exact) mass is 408 g/mol. The fourth-order valence-corrected chi connectivity index (χ4v) is 4.53. The molecule has 0 spiro atoms. The second-order valence-electron chi connectivity index (χ2n) is 8.42. The van der Waals surface area contributed by atoms with Crippen LogP contribution in [0.1, 0.15) is 38.7 Å². The van der Waals surface area contributed by atoms with Crippen molar-refractivity contribution in [2.45, 2.75) is 50.8 Å². The maximum absolute atomic E-state index is 13.8. The number of rotatable bonds is 7. The van der Waals surface area contributed by atoms with E-state index in [4.69, 9.17) is 4.74 Å². The first kappa shape index (κ1) is 21.6. The predicted molar refractivity (Wildman–Crippen MR) is 106 cm³/mol. The van der Waals surface area contributed by atoms with Gasteiger partial charge in [-0.05, 0) is 17.9 Å². The molecule has 0 radical (unpaired) electrons. The Morgan fingerprint density at radius 2 is 2.00 bits per heavy atom. The van der Waals surface area contributed by atoms with E-state index in [1.165, 1.54) is 0 Å². The van der Waals surface area contributed by atoms with Gasteiger partial charge in [-0.3, -0.25) is 0 Å². The molecule has 1 aliphatic carbocycles. The smallest absolute Gasteiger partial charge is 0.343 e. The third-order valence-corrected chi connectivity index (χ3v) is 5.95. The number of esters is 1. The van der Waals surface area contributed by atoms with Gasteiger partial charge in [-0.15, -0.1) is 0 Å². The molecule has 1 aromatic carbocycles. The van der Waals surface area contributed by atoms with Crippen LogP contribution in [0, 0.1) is 11.8 Å². The molecule has 29 heavy (non-hydrogen) atoms. The van der Waals surface area contributed by atoms with Gasteiger partial charge in [0.05, 0.1) is 6.54 Å². The van der Waals surface area contributed by atoms with Crippen LogP contribution in [0.2, 0.25) is 0 Å². The molecule has 5 nitrogen and oxygen atoms in total. The Balaban J connectivity index is 1.70. The average molecular weight is 408 g/mol. The van der Waals surface area contributed by atoms with Gasteiger partial charge in [-0.25, -0.2) is 13.6 Å². The zero-order chi connectivity index (χ0) is 21.2. The Bertz CT molecular complexity index is 741. The number of benzene rings is 1. The van der Waals surface area contributed by atoms with Gasteiger partial charge >= 0.3 is 5.97 Å². The third-order valence-electron chi connectivity index (χ3n) is 5.95. The zero-order valence-electron chi connectivity index (χ0n) is 17.2. The van der Waals surface area contributed by atoms with Gasteiger partial charge in [0.25, 0.3) is 0 Å². The molecule has 7 heteroatoms. The number of aliphatic hydroxyl groups is 1. The molecule has 1 saturated carbocycles. The number of alkyl halides is 2. The van der Waals surface area contributed by atoms with Gasteiger partial charge < -0.3 is 19.6 Å². The number of nitrogens with zero attached hydrogens (tertiary/aromatic N) is 2. The predicted octanol–water partition coefficient (Wildman–Crippen LogP) is 3.55. The molecule has 2 aliphatic rings. The highest BCUT2D eigenvalue weighted by atomic mass is 19.3. The van der Waals surface area contributed by atoms with Gasteiger partial charge in [0.2, 0.25) is 5.92 Å². The van der Waals surface area contributed by atoms with Gasteiger partial charge in [0.15, 0.2) is 5.60 Å². The molecule has 0 aromatic heterocycles. The van der Waals surface area contributed by atoms with Crippen LogP contribution in [-0.4, -0.2) is 53.2 Å². The summed E-state index contributed by atoms with van der Waals surface area (Å²) in [5.41, 5.74) is -1.77. The number of hydrogen-bond acceptors (Lipinski definition) is 5. The van der Waals surface area contributed by atoms with E-state index in [0.29, 0.717) is 18.0 Å². The molecule has 1 aromatic rings. The molecule has 3 atom stereocenters. The summed E-state index contributed by atoms with van der Waals surface area (Å²) >= 11 is 0. The Morgan fingerprint density at radius 3 is 2.59 bits per heavy atom. The van der Waals surface area contributed by atoms with E-state index in [-0.39, 0.29) is 25.6 Å². The van der Waals surface area contributed by atoms with Crippen molar-refractivity contribution in [2.75, 3.05) is 20.2 Å². The standard InChI is InChI=1S/C22H30F2N2O3/c1-16(2)19-25(3)11-12-26(19)13-14-29-20(27)22(28,17-7-5-4-6-8-17)18-9-10-21(23,24)15-18/h4-8,11-12,16,18-19,28H,9-10,13-15H2,1-3H3/t18-,19?,22-/m0/s1. The van der Waals surface area contributed by atoms with Crippen molar-refractivity contribution in [2.24, 2.45) is 11.8 Å². The van der Waals surface area contributed by atoms with E-state index in [1.807, 2.05) is 19.4 Å². The zero-order valence-corrected chi connectivity index (χ0v) is 17.2. The maximum atomic E-state index is 13.8. The summed E-state index contributed by atoms with van der Waals surface area (Å²) in [5.74, 6) is -4.24. The van der Waals surface area contributed by atoms with Crippen molar-refractivity contribution in [1.82, 2.24) is 9.80 Å². The molecule has 1 N–H and O–H groups in total. The Hall–Kier alpha value is -2.15. The van der Waals surface area contributed by atoms with Crippen molar-refractivity contribution < 1.29 is 23.4 Å². The molecule has 0 bridgehead atoms. The molecule has 0 saturated heterocycles. The summed E-state index contributed by atoms with van der Waals surface area (Å²) in [6.45, 7) is 4.75. The third kappa shape index (κ3) is 4.39. The largest absolute Gasteiger partial charge is 0.461 e. The van der Waals surface area contributed by atoms with Crippen LogP contribution in [0.5, 0.6) is 0 Å². The van der Waals surface area contributed by atoms with Crippen molar-refractivity contribution >= 4 is 5.97 Å². The molecule has 0 amide bonds. The summed E-state index contributed by atoms with van der Waals surface area (Å²) in [4.78, 5) is 17.1. The Labute approximate surface area is 170 Å². The lowest BCUT2D eigenvalue weighted by molar-refractivity contribution is -0.175. The summed E-state index contributed by atoms with van der Waals surface area (Å²) in [5, 5.41) is 11.3. The highest BCUT2D eigenvalue weighted by Crippen LogP contribution is 2.47. The van der Waals surface area contributed by atoms with Crippen molar-refractivity contribution in [3.8, 4) is 0 Å². The van der Waals surface area contributed by atoms with E-state index in [2.05, 4.69) is 23.6 Å². The molecule has 3 rings (SSSR count). The number of hydrogen-bond donors (Lipinski definition) is 1. The van der Waals surface area contributed by atoms with Crippen molar-refractivity contribution in [3.05, 3.63) is 48.3 Å². The summed E-state index contributed by atoms with van der Waals surface area (Å²) in [6.07, 6.45) is 3.29. The molecule has 160 valence electrons. The molecule has 1 unspecified atom stereocenters. The minimum atomic E-state index is -2.87. The summed E-state index contributed by atoms with van der Waals surface area (Å²) in [7, 11) is 1.99. The lowest BCUT2D eigenvalue weighted by atomic mass is 9.80. The topological polar surface area (TPSA) is 53.0 Å². The normalized spacial score (nSPS) is 25.5. The molecular formula is C22H30F2N2O3. The number of halogens is 2. The maximum Gasteiger partial charge on any atom is 0.343 e. The SMILES string of the molecule is CC(C)C1N(C)C=CN1CCOC(=O)[C@](O)(c1ccccc1)[C@H]1CCC(F)(F)C1. The van der Waals surface area contributed by atoms with Crippen LogP contribution in [0.4, 0.5) is 8.78 Å². The van der Waals surface area contributed by atoms with Gasteiger partial charge in [0.1, 0.15) is 12.8 Å². The summed E-state index contributed by atoms with van der Waals surface area (Å²) < 4.78 is 33.1. The molecule has 1 fully saturated rings. The Morgan fingerprint density at radius 1 is 1.31 bits per heavy atom. The van der Waals surface area contributed by atoms with Crippen LogP contribution < -0.4 is 0 Å². The quantitative estimate of drug-likeness (QED) is 0.700. The number of carbonyl (C=O) groups is 1. The van der Waals surface area contributed by atoms with Crippen LogP contribution in [0.3, 0.4) is 0 Å². The lowest BCUT2D eigenvalue weighted by Gasteiger charge is -2.34. The second kappa shape index (κ2) is 8.30. The Kier molecular flexibility index (Phi) is 6.17. The second-order valence-corrected chi connectivity index (χ2v) is 8.42. The highest BCUT2D eigenvalue weighted by Gasteiger charge is 2.54. The first-order valence-corrected chi connectivity index (χ1v) is 10.1. The fourth-order valence-electron chi connectivity index (χ4n) is 4.53. The van der Waals surface area contributed by atoms with E-state index in [0.717, 1.165) is 0 Å². The van der Waals surface area contributed by atoms with E-state index < -0.39 is 29.8 Å². The molecule has 1 aliphatic heterocycles. The van der Waals surface area contributed by atoms with Crippen LogP contribution in [0.25, 0.3) is 0 Å². The van der Waals surface area contributed by atoms with Crippen LogP contribution in [-0.2, 0) is 15.1 Å². The fraction of sp³-hybridized carbons (Fsp3) is 0.591. The van der Waals surface area contributed by atoms with E-state index in [1.54, 1.807) is 30.3 Å². The van der Waals surface area contributed by atoms with Crippen LogP contribution >= 0.6 is 0 Å². The van der Waals surface area contributed by atoms with E-state index in [9.17, 15) is 18.7 Å². The van der Waals surface area contributed by atoms with Gasteiger partial charge in [0, 0.05) is 38.2 Å². The van der Waals surface area contributed by atoms with E-state index >= 15 is 0 Å². The first-order chi connectivity index (χ1) is 13.6. The number of ether oxygens (including phenoxy) is 1. The highest BCUT2D eigenvalue weighted by molar-refractivity contribution is 5.81. The summed E-state index contributed by atoms with van der Waals surface area (Å²) in [6, 6.07) is 8.29.